The van der Waals surface area contributed by atoms with Gasteiger partial charge >= 0.3 is 0 Å². The second kappa shape index (κ2) is 6.10. The summed E-state index contributed by atoms with van der Waals surface area (Å²) in [6.45, 7) is 2.23. The lowest BCUT2D eigenvalue weighted by atomic mass is 9.93. The van der Waals surface area contributed by atoms with Gasteiger partial charge in [0.15, 0.2) is 0 Å². The Bertz CT molecular complexity index is 248. The first-order valence-electron chi connectivity index (χ1n) is 5.05. The van der Waals surface area contributed by atoms with Gasteiger partial charge in [-0.15, -0.1) is 0 Å². The van der Waals surface area contributed by atoms with Gasteiger partial charge in [-0.05, 0) is 29.9 Å². The monoisotopic (exact) mass is 209 g/mol. The van der Waals surface area contributed by atoms with E-state index in [1.165, 1.54) is 17.7 Å². The van der Waals surface area contributed by atoms with E-state index in [4.69, 9.17) is 5.73 Å². The molecule has 2 heteroatoms. The first kappa shape index (κ1) is 11.6. The highest BCUT2D eigenvalue weighted by molar-refractivity contribution is 7.98. The molecule has 0 bridgehead atoms. The van der Waals surface area contributed by atoms with Crippen molar-refractivity contribution >= 4 is 11.8 Å². The maximum absolute atomic E-state index is 6.17. The average Bonchev–Trinajstić information content (AvgIpc) is 2.26. The van der Waals surface area contributed by atoms with E-state index in [0.29, 0.717) is 5.92 Å². The fraction of sp³-hybridized carbons (Fsp3) is 0.500. The Balaban J connectivity index is 2.52. The van der Waals surface area contributed by atoms with Crippen molar-refractivity contribution in [3.63, 3.8) is 0 Å². The lowest BCUT2D eigenvalue weighted by molar-refractivity contribution is 0.460. The van der Waals surface area contributed by atoms with E-state index in [2.05, 4.69) is 37.4 Å². The molecule has 0 saturated heterocycles. The van der Waals surface area contributed by atoms with Crippen LogP contribution in [0.4, 0.5) is 0 Å². The predicted molar refractivity (Wildman–Crippen MR) is 65.5 cm³/mol. The van der Waals surface area contributed by atoms with E-state index in [1.807, 2.05) is 17.8 Å². The predicted octanol–water partition coefficient (Wildman–Crippen LogP) is 3.08. The van der Waals surface area contributed by atoms with Crippen molar-refractivity contribution in [2.24, 2.45) is 11.7 Å². The van der Waals surface area contributed by atoms with Gasteiger partial charge in [-0.3, -0.25) is 0 Å². The van der Waals surface area contributed by atoms with E-state index >= 15 is 0 Å². The van der Waals surface area contributed by atoms with E-state index in [0.717, 1.165) is 0 Å². The molecule has 0 amide bonds. The molecule has 1 rings (SSSR count). The number of thioether (sulfide) groups is 1. The van der Waals surface area contributed by atoms with Gasteiger partial charge in [-0.1, -0.05) is 37.3 Å². The van der Waals surface area contributed by atoms with Crippen molar-refractivity contribution in [3.05, 3.63) is 35.9 Å². The lowest BCUT2D eigenvalue weighted by Crippen LogP contribution is -2.19. The molecule has 0 aliphatic heterocycles. The molecule has 0 saturated carbocycles. The highest BCUT2D eigenvalue weighted by atomic mass is 32.2. The van der Waals surface area contributed by atoms with Crippen molar-refractivity contribution in [1.29, 1.82) is 0 Å². The van der Waals surface area contributed by atoms with E-state index in [1.54, 1.807) is 0 Å². The number of rotatable bonds is 5. The van der Waals surface area contributed by atoms with Crippen molar-refractivity contribution < 1.29 is 0 Å². The summed E-state index contributed by atoms with van der Waals surface area (Å²) in [7, 11) is 0. The van der Waals surface area contributed by atoms with Gasteiger partial charge in [0, 0.05) is 6.04 Å². The number of hydrogen-bond donors (Lipinski definition) is 1. The summed E-state index contributed by atoms with van der Waals surface area (Å²) in [5.74, 6) is 1.76. The molecule has 1 nitrogen and oxygen atoms in total. The Morgan fingerprint density at radius 2 is 1.93 bits per heavy atom. The summed E-state index contributed by atoms with van der Waals surface area (Å²) in [4.78, 5) is 0. The number of hydrogen-bond acceptors (Lipinski definition) is 2. The summed E-state index contributed by atoms with van der Waals surface area (Å²) in [5.41, 5.74) is 7.42. The van der Waals surface area contributed by atoms with Crippen LogP contribution in [0, 0.1) is 5.92 Å². The minimum atomic E-state index is 0.184. The third-order valence-corrected chi connectivity index (χ3v) is 3.22. The molecule has 2 atom stereocenters. The van der Waals surface area contributed by atoms with Crippen LogP contribution in [0.3, 0.4) is 0 Å². The van der Waals surface area contributed by atoms with Crippen LogP contribution in [0.5, 0.6) is 0 Å². The van der Waals surface area contributed by atoms with E-state index in [9.17, 15) is 0 Å². The first-order valence-corrected chi connectivity index (χ1v) is 6.44. The Morgan fingerprint density at radius 1 is 1.29 bits per heavy atom. The van der Waals surface area contributed by atoms with Crippen LogP contribution in [-0.2, 0) is 0 Å². The van der Waals surface area contributed by atoms with Gasteiger partial charge in [0.2, 0.25) is 0 Å². The van der Waals surface area contributed by atoms with Crippen LogP contribution < -0.4 is 5.73 Å². The van der Waals surface area contributed by atoms with Crippen LogP contribution >= 0.6 is 11.8 Å². The fourth-order valence-electron chi connectivity index (χ4n) is 1.49. The molecule has 1 aromatic rings. The summed E-state index contributed by atoms with van der Waals surface area (Å²) in [6, 6.07) is 10.5. The Hall–Kier alpha value is -0.470. The van der Waals surface area contributed by atoms with Crippen molar-refractivity contribution in [2.75, 3.05) is 12.0 Å². The van der Waals surface area contributed by atoms with Crippen LogP contribution in [0.1, 0.15) is 24.9 Å². The van der Waals surface area contributed by atoms with Gasteiger partial charge in [0.05, 0.1) is 0 Å². The van der Waals surface area contributed by atoms with Gasteiger partial charge in [0.25, 0.3) is 0 Å². The minimum Gasteiger partial charge on any atom is -0.324 e. The molecule has 0 heterocycles. The van der Waals surface area contributed by atoms with Crippen LogP contribution in [0.15, 0.2) is 30.3 Å². The summed E-state index contributed by atoms with van der Waals surface area (Å²) in [5, 5.41) is 0. The third kappa shape index (κ3) is 3.35. The molecule has 1 aromatic carbocycles. The Morgan fingerprint density at radius 3 is 2.50 bits per heavy atom. The summed E-state index contributed by atoms with van der Waals surface area (Å²) >= 11 is 1.89. The molecule has 2 unspecified atom stereocenters. The highest BCUT2D eigenvalue weighted by Crippen LogP contribution is 2.22. The number of benzene rings is 1. The molecule has 0 spiro atoms. The molecular formula is C12H19NS. The average molecular weight is 209 g/mol. The van der Waals surface area contributed by atoms with E-state index < -0.39 is 0 Å². The first-order chi connectivity index (χ1) is 6.75. The molecule has 0 aliphatic rings. The molecule has 14 heavy (non-hydrogen) atoms. The third-order valence-electron chi connectivity index (χ3n) is 2.57. The lowest BCUT2D eigenvalue weighted by Gasteiger charge is -2.19. The molecule has 0 aliphatic carbocycles. The standard InChI is InChI=1S/C12H19NS/c1-10(8-9-14-2)12(13)11-6-4-3-5-7-11/h3-7,10,12H,8-9,13H2,1-2H3. The van der Waals surface area contributed by atoms with Gasteiger partial charge in [-0.2, -0.15) is 11.8 Å². The minimum absolute atomic E-state index is 0.184. The Labute approximate surface area is 91.1 Å². The second-order valence-electron chi connectivity index (χ2n) is 3.70. The molecular weight excluding hydrogens is 190 g/mol. The fourth-order valence-corrected chi connectivity index (χ4v) is 2.09. The van der Waals surface area contributed by atoms with Crippen LogP contribution in [0.25, 0.3) is 0 Å². The molecule has 0 fully saturated rings. The smallest absolute Gasteiger partial charge is 0.0321 e. The quantitative estimate of drug-likeness (QED) is 0.806. The summed E-state index contributed by atoms with van der Waals surface area (Å²) < 4.78 is 0. The maximum Gasteiger partial charge on any atom is 0.0321 e. The molecule has 0 aromatic heterocycles. The summed E-state index contributed by atoms with van der Waals surface area (Å²) in [6.07, 6.45) is 3.33. The van der Waals surface area contributed by atoms with Gasteiger partial charge in [-0.25, -0.2) is 0 Å². The van der Waals surface area contributed by atoms with Gasteiger partial charge in [0.1, 0.15) is 0 Å². The second-order valence-corrected chi connectivity index (χ2v) is 4.68. The highest BCUT2D eigenvalue weighted by Gasteiger charge is 2.13. The zero-order valence-corrected chi connectivity index (χ0v) is 9.76. The molecule has 0 radical (unpaired) electrons. The van der Waals surface area contributed by atoms with Crippen LogP contribution in [-0.4, -0.2) is 12.0 Å². The Kier molecular flexibility index (Phi) is 5.05. The SMILES string of the molecule is CSCCC(C)C(N)c1ccccc1. The molecule has 2 N–H and O–H groups in total. The molecule has 78 valence electrons. The topological polar surface area (TPSA) is 26.0 Å². The van der Waals surface area contributed by atoms with Crippen molar-refractivity contribution in [3.8, 4) is 0 Å². The van der Waals surface area contributed by atoms with Gasteiger partial charge < -0.3 is 5.73 Å². The maximum atomic E-state index is 6.17. The van der Waals surface area contributed by atoms with Crippen molar-refractivity contribution in [2.45, 2.75) is 19.4 Å². The largest absolute Gasteiger partial charge is 0.324 e. The zero-order chi connectivity index (χ0) is 10.4. The zero-order valence-electron chi connectivity index (χ0n) is 8.94. The normalized spacial score (nSPS) is 15.1. The number of nitrogens with two attached hydrogens (primary N) is 1. The van der Waals surface area contributed by atoms with Crippen molar-refractivity contribution in [1.82, 2.24) is 0 Å². The van der Waals surface area contributed by atoms with Crippen LogP contribution in [0.2, 0.25) is 0 Å². The van der Waals surface area contributed by atoms with E-state index in [-0.39, 0.29) is 6.04 Å².